The number of anilines is 1. The van der Waals surface area contributed by atoms with Crippen LogP contribution < -0.4 is 20.1 Å². The Morgan fingerprint density at radius 2 is 1.77 bits per heavy atom. The van der Waals surface area contributed by atoms with E-state index in [2.05, 4.69) is 10.6 Å². The summed E-state index contributed by atoms with van der Waals surface area (Å²) in [6, 6.07) is 21.0. The second-order valence-corrected chi connectivity index (χ2v) is 7.83. The van der Waals surface area contributed by atoms with Crippen LogP contribution >= 0.6 is 11.6 Å². The predicted molar refractivity (Wildman–Crippen MR) is 136 cm³/mol. The lowest BCUT2D eigenvalue weighted by Gasteiger charge is -2.10. The SMILES string of the molecule is COc1ccc(CCNC(=O)/C(C#N)=C/c2cccc(NC(=O)c3ccccc3Cl)c2)cc1OC. The largest absolute Gasteiger partial charge is 0.493 e. The van der Waals surface area contributed by atoms with Gasteiger partial charge in [0.15, 0.2) is 11.5 Å². The number of methoxy groups -OCH3 is 2. The summed E-state index contributed by atoms with van der Waals surface area (Å²) in [5, 5.41) is 15.4. The molecule has 3 rings (SSSR count). The minimum atomic E-state index is -0.488. The van der Waals surface area contributed by atoms with Crippen molar-refractivity contribution in [1.82, 2.24) is 5.32 Å². The van der Waals surface area contributed by atoms with Crippen LogP contribution in [0.1, 0.15) is 21.5 Å². The average Bonchev–Trinajstić information content (AvgIpc) is 2.87. The molecule has 0 atom stereocenters. The van der Waals surface area contributed by atoms with E-state index in [4.69, 9.17) is 21.1 Å². The third-order valence-electron chi connectivity index (χ3n) is 5.09. The fourth-order valence-electron chi connectivity index (χ4n) is 3.32. The van der Waals surface area contributed by atoms with Crippen molar-refractivity contribution in [1.29, 1.82) is 5.26 Å². The van der Waals surface area contributed by atoms with Crippen LogP contribution in [-0.2, 0) is 11.2 Å². The van der Waals surface area contributed by atoms with Crippen molar-refractivity contribution in [3.8, 4) is 17.6 Å². The first-order valence-electron chi connectivity index (χ1n) is 10.7. The first kappa shape index (κ1) is 25.3. The standard InChI is InChI=1S/C27H24ClN3O4/c1-34-24-11-10-18(16-25(24)35-2)12-13-30-26(32)20(17-29)14-19-6-5-7-21(15-19)31-27(33)22-8-3-4-9-23(22)28/h3-11,14-16H,12-13H2,1-2H3,(H,30,32)(H,31,33)/b20-14+. The maximum atomic E-state index is 12.5. The number of halogens is 1. The molecule has 0 saturated carbocycles. The highest BCUT2D eigenvalue weighted by molar-refractivity contribution is 6.34. The van der Waals surface area contributed by atoms with Crippen molar-refractivity contribution in [2.75, 3.05) is 26.1 Å². The van der Waals surface area contributed by atoms with Gasteiger partial charge in [-0.2, -0.15) is 5.26 Å². The van der Waals surface area contributed by atoms with Crippen LogP contribution in [0.2, 0.25) is 5.02 Å². The van der Waals surface area contributed by atoms with E-state index in [1.54, 1.807) is 68.8 Å². The fraction of sp³-hybridized carbons (Fsp3) is 0.148. The van der Waals surface area contributed by atoms with E-state index in [1.807, 2.05) is 18.2 Å². The van der Waals surface area contributed by atoms with Crippen LogP contribution in [-0.4, -0.2) is 32.6 Å². The molecule has 0 spiro atoms. The minimum absolute atomic E-state index is 0.0492. The molecular formula is C27H24ClN3O4. The minimum Gasteiger partial charge on any atom is -0.493 e. The Balaban J connectivity index is 1.64. The van der Waals surface area contributed by atoms with Crippen LogP contribution in [0.25, 0.3) is 6.08 Å². The highest BCUT2D eigenvalue weighted by atomic mass is 35.5. The number of benzene rings is 3. The zero-order valence-electron chi connectivity index (χ0n) is 19.3. The lowest BCUT2D eigenvalue weighted by molar-refractivity contribution is -0.117. The molecule has 8 heteroatoms. The summed E-state index contributed by atoms with van der Waals surface area (Å²) in [4.78, 5) is 25.0. The van der Waals surface area contributed by atoms with Gasteiger partial charge in [-0.1, -0.05) is 41.9 Å². The van der Waals surface area contributed by atoms with Crippen LogP contribution in [0.4, 0.5) is 5.69 Å². The van der Waals surface area contributed by atoms with E-state index in [0.717, 1.165) is 5.56 Å². The predicted octanol–water partition coefficient (Wildman–Crippen LogP) is 4.88. The van der Waals surface area contributed by atoms with E-state index in [0.29, 0.717) is 46.3 Å². The highest BCUT2D eigenvalue weighted by Crippen LogP contribution is 2.27. The van der Waals surface area contributed by atoms with E-state index in [-0.39, 0.29) is 11.5 Å². The van der Waals surface area contributed by atoms with E-state index in [1.165, 1.54) is 6.08 Å². The maximum absolute atomic E-state index is 12.5. The fourth-order valence-corrected chi connectivity index (χ4v) is 3.54. The molecule has 35 heavy (non-hydrogen) atoms. The molecule has 178 valence electrons. The first-order valence-corrected chi connectivity index (χ1v) is 11.1. The number of hydrogen-bond donors (Lipinski definition) is 2. The highest BCUT2D eigenvalue weighted by Gasteiger charge is 2.12. The molecule has 0 bridgehead atoms. The van der Waals surface area contributed by atoms with Crippen molar-refractivity contribution >= 4 is 35.2 Å². The van der Waals surface area contributed by atoms with Crippen LogP contribution in [0.5, 0.6) is 11.5 Å². The summed E-state index contributed by atoms with van der Waals surface area (Å²) in [5.41, 5.74) is 2.35. The van der Waals surface area contributed by atoms with E-state index < -0.39 is 5.91 Å². The molecule has 2 amide bonds. The van der Waals surface area contributed by atoms with E-state index >= 15 is 0 Å². The zero-order valence-corrected chi connectivity index (χ0v) is 20.1. The molecule has 0 aliphatic heterocycles. The number of ether oxygens (including phenoxy) is 2. The molecule has 2 N–H and O–H groups in total. The van der Waals surface area contributed by atoms with E-state index in [9.17, 15) is 14.9 Å². The van der Waals surface area contributed by atoms with Gasteiger partial charge in [0.25, 0.3) is 11.8 Å². The summed E-state index contributed by atoms with van der Waals surface area (Å²) in [6.07, 6.45) is 2.02. The topological polar surface area (TPSA) is 100 Å². The number of rotatable bonds is 9. The number of carbonyl (C=O) groups excluding carboxylic acids is 2. The summed E-state index contributed by atoms with van der Waals surface area (Å²) in [7, 11) is 3.13. The van der Waals surface area contributed by atoms with Crippen LogP contribution in [0.3, 0.4) is 0 Å². The Hall–Kier alpha value is -4.28. The van der Waals surface area contributed by atoms with Crippen LogP contribution in [0, 0.1) is 11.3 Å². The zero-order chi connectivity index (χ0) is 25.2. The van der Waals surface area contributed by atoms with Crippen molar-refractivity contribution in [2.45, 2.75) is 6.42 Å². The Kier molecular flexibility index (Phi) is 8.88. The number of carbonyl (C=O) groups is 2. The molecule has 7 nitrogen and oxygen atoms in total. The van der Waals surface area contributed by atoms with Gasteiger partial charge >= 0.3 is 0 Å². The summed E-state index contributed by atoms with van der Waals surface area (Å²) < 4.78 is 10.5. The van der Waals surface area contributed by atoms with Crippen LogP contribution in [0.15, 0.2) is 72.3 Å². The molecular weight excluding hydrogens is 466 g/mol. The Bertz CT molecular complexity index is 1300. The van der Waals surface area contributed by atoms with Gasteiger partial charge in [0.2, 0.25) is 0 Å². The van der Waals surface area contributed by atoms with Gasteiger partial charge in [0.1, 0.15) is 11.6 Å². The van der Waals surface area contributed by atoms with Gasteiger partial charge in [0, 0.05) is 12.2 Å². The third kappa shape index (κ3) is 6.85. The van der Waals surface area contributed by atoms with Crippen molar-refractivity contribution in [3.63, 3.8) is 0 Å². The molecule has 0 saturated heterocycles. The molecule has 0 fully saturated rings. The van der Waals surface area contributed by atoms with Crippen molar-refractivity contribution in [2.24, 2.45) is 0 Å². The Morgan fingerprint density at radius 1 is 1.00 bits per heavy atom. The van der Waals surface area contributed by atoms with Gasteiger partial charge in [-0.05, 0) is 60.0 Å². The maximum Gasteiger partial charge on any atom is 0.261 e. The quantitative estimate of drug-likeness (QED) is 0.330. The molecule has 3 aromatic carbocycles. The number of hydrogen-bond acceptors (Lipinski definition) is 5. The summed E-state index contributed by atoms with van der Waals surface area (Å²) >= 11 is 6.09. The van der Waals surface area contributed by atoms with Crippen molar-refractivity contribution in [3.05, 3.63) is 94.0 Å². The molecule has 0 heterocycles. The van der Waals surface area contributed by atoms with Gasteiger partial charge in [-0.15, -0.1) is 0 Å². The smallest absolute Gasteiger partial charge is 0.261 e. The van der Waals surface area contributed by atoms with Gasteiger partial charge in [0.05, 0.1) is 24.8 Å². The molecule has 0 aliphatic rings. The molecule has 0 unspecified atom stereocenters. The van der Waals surface area contributed by atoms with Gasteiger partial charge in [-0.3, -0.25) is 9.59 Å². The Morgan fingerprint density at radius 3 is 2.49 bits per heavy atom. The third-order valence-corrected chi connectivity index (χ3v) is 5.42. The Labute approximate surface area is 208 Å². The first-order chi connectivity index (χ1) is 16.9. The normalized spacial score (nSPS) is 10.7. The monoisotopic (exact) mass is 489 g/mol. The summed E-state index contributed by atoms with van der Waals surface area (Å²) in [5.74, 6) is 0.388. The second kappa shape index (κ2) is 12.3. The average molecular weight is 490 g/mol. The summed E-state index contributed by atoms with van der Waals surface area (Å²) in [6.45, 7) is 0.335. The molecule has 0 aliphatic carbocycles. The number of nitrogens with one attached hydrogen (secondary N) is 2. The molecule has 3 aromatic rings. The molecule has 0 radical (unpaired) electrons. The lowest BCUT2D eigenvalue weighted by atomic mass is 10.1. The lowest BCUT2D eigenvalue weighted by Crippen LogP contribution is -2.26. The molecule has 0 aromatic heterocycles. The van der Waals surface area contributed by atoms with Gasteiger partial charge < -0.3 is 20.1 Å². The second-order valence-electron chi connectivity index (χ2n) is 7.42. The van der Waals surface area contributed by atoms with Crippen molar-refractivity contribution < 1.29 is 19.1 Å². The van der Waals surface area contributed by atoms with Gasteiger partial charge in [-0.25, -0.2) is 0 Å². The number of nitriles is 1. The number of amides is 2. The number of nitrogens with zero attached hydrogens (tertiary/aromatic N) is 1.